The second-order valence-electron chi connectivity index (χ2n) is 5.17. The van der Waals surface area contributed by atoms with E-state index in [1.165, 1.54) is 19.3 Å². The number of aliphatic imine (C=N–C) groups is 1. The number of thiocarbonyl (C=S) groups is 1. The molecule has 1 heterocycles. The molecular formula is C14H13N3O4S. The fraction of sp³-hybridized carbons (Fsp3) is 0.357. The molecule has 1 fully saturated rings. The van der Waals surface area contributed by atoms with Gasteiger partial charge in [0.2, 0.25) is 11.0 Å². The predicted molar refractivity (Wildman–Crippen MR) is 80.5 cm³/mol. The van der Waals surface area contributed by atoms with E-state index in [2.05, 4.69) is 15.2 Å². The number of amides is 2. The Hall–Kier alpha value is -2.35. The molecule has 3 aliphatic rings. The largest absolute Gasteiger partial charge is 0.465 e. The van der Waals surface area contributed by atoms with Crippen LogP contribution in [0.5, 0.6) is 0 Å². The molecule has 114 valence electrons. The van der Waals surface area contributed by atoms with Crippen molar-refractivity contribution in [1.82, 2.24) is 10.4 Å². The Morgan fingerprint density at radius 3 is 2.82 bits per heavy atom. The van der Waals surface area contributed by atoms with Gasteiger partial charge in [0, 0.05) is 5.92 Å². The maximum absolute atomic E-state index is 12.4. The molecule has 2 aliphatic carbocycles. The molecule has 3 rings (SSSR count). The lowest BCUT2D eigenvalue weighted by Crippen LogP contribution is -2.55. The normalized spacial score (nSPS) is 23.5. The molecule has 2 amide bonds. The summed E-state index contributed by atoms with van der Waals surface area (Å²) in [6, 6.07) is 0. The number of hydrogen-bond acceptors (Lipinski definition) is 5. The van der Waals surface area contributed by atoms with Crippen molar-refractivity contribution in [2.45, 2.75) is 12.8 Å². The number of allylic oxidation sites excluding steroid dienone is 1. The summed E-state index contributed by atoms with van der Waals surface area (Å²) in [7, 11) is 1.27. The summed E-state index contributed by atoms with van der Waals surface area (Å²) >= 11 is 5.06. The molecular weight excluding hydrogens is 306 g/mol. The molecule has 1 saturated carbocycles. The minimum absolute atomic E-state index is 0.0407. The fourth-order valence-electron chi connectivity index (χ4n) is 2.19. The Kier molecular flexibility index (Phi) is 3.61. The van der Waals surface area contributed by atoms with E-state index < -0.39 is 11.9 Å². The van der Waals surface area contributed by atoms with Crippen LogP contribution in [0, 0.1) is 11.8 Å². The molecule has 1 aliphatic heterocycles. The lowest BCUT2D eigenvalue weighted by Gasteiger charge is -2.30. The van der Waals surface area contributed by atoms with Crippen molar-refractivity contribution in [3.05, 3.63) is 23.8 Å². The number of rotatable bonds is 3. The summed E-state index contributed by atoms with van der Waals surface area (Å²) in [5.74, 6) is -1.84. The molecule has 0 aromatic carbocycles. The zero-order valence-corrected chi connectivity index (χ0v) is 12.6. The minimum atomic E-state index is -0.667. The van der Waals surface area contributed by atoms with E-state index in [4.69, 9.17) is 12.2 Å². The van der Waals surface area contributed by atoms with Crippen LogP contribution < -0.4 is 5.43 Å². The first-order valence-electron chi connectivity index (χ1n) is 6.76. The van der Waals surface area contributed by atoms with Gasteiger partial charge in [0.25, 0.3) is 5.91 Å². The molecule has 1 N–H and O–H groups in total. The highest BCUT2D eigenvalue weighted by molar-refractivity contribution is 7.80. The smallest absolute Gasteiger partial charge is 0.337 e. The molecule has 0 spiro atoms. The molecule has 1 unspecified atom stereocenters. The van der Waals surface area contributed by atoms with Crippen LogP contribution in [0.1, 0.15) is 12.8 Å². The van der Waals surface area contributed by atoms with Crippen molar-refractivity contribution in [3.8, 4) is 0 Å². The van der Waals surface area contributed by atoms with Gasteiger partial charge in [-0.2, -0.15) is 5.01 Å². The zero-order chi connectivity index (χ0) is 15.9. The van der Waals surface area contributed by atoms with E-state index >= 15 is 0 Å². The standard InChI is InChI=1S/C14H13N3O4S/c1-21-13(20)8-4-5-9-10(6-8)15-14(22)17(12(9)19)16-11(18)7-2-3-7/h4-7,9H,2-3H2,1H3,(H,16,18). The summed E-state index contributed by atoms with van der Waals surface area (Å²) in [6.07, 6.45) is 6.17. The maximum Gasteiger partial charge on any atom is 0.337 e. The third kappa shape index (κ3) is 2.57. The summed E-state index contributed by atoms with van der Waals surface area (Å²) in [5, 5.41) is 0.965. The van der Waals surface area contributed by atoms with Crippen molar-refractivity contribution in [2.24, 2.45) is 16.8 Å². The van der Waals surface area contributed by atoms with Gasteiger partial charge in [-0.3, -0.25) is 15.0 Å². The number of hydrogen-bond donors (Lipinski definition) is 1. The summed E-state index contributed by atoms with van der Waals surface area (Å²) in [6.45, 7) is 0. The van der Waals surface area contributed by atoms with E-state index in [-0.39, 0.29) is 22.8 Å². The average Bonchev–Trinajstić information content (AvgIpc) is 3.34. The van der Waals surface area contributed by atoms with Gasteiger partial charge >= 0.3 is 5.97 Å². The monoisotopic (exact) mass is 319 g/mol. The first-order chi connectivity index (χ1) is 10.5. The second-order valence-corrected chi connectivity index (χ2v) is 5.54. The Morgan fingerprint density at radius 2 is 2.18 bits per heavy atom. The van der Waals surface area contributed by atoms with Crippen molar-refractivity contribution >= 4 is 40.8 Å². The number of carbonyl (C=O) groups is 3. The Bertz CT molecular complexity index is 676. The van der Waals surface area contributed by atoms with E-state index in [0.717, 1.165) is 17.9 Å². The maximum atomic E-state index is 12.4. The first-order valence-corrected chi connectivity index (χ1v) is 7.17. The number of fused-ring (bicyclic) bond motifs is 1. The predicted octanol–water partition coefficient (Wildman–Crippen LogP) is 0.281. The number of hydrazine groups is 1. The first kappa shape index (κ1) is 14.6. The third-order valence-corrected chi connectivity index (χ3v) is 3.86. The van der Waals surface area contributed by atoms with Crippen molar-refractivity contribution in [2.75, 3.05) is 7.11 Å². The number of ether oxygens (including phenoxy) is 1. The highest BCUT2D eigenvalue weighted by Crippen LogP contribution is 2.29. The number of esters is 1. The molecule has 0 aromatic rings. The zero-order valence-electron chi connectivity index (χ0n) is 11.7. The number of carbonyl (C=O) groups excluding carboxylic acids is 3. The van der Waals surface area contributed by atoms with Crippen LogP contribution in [0.15, 0.2) is 28.8 Å². The number of nitrogens with one attached hydrogen (secondary N) is 1. The molecule has 0 radical (unpaired) electrons. The highest BCUT2D eigenvalue weighted by Gasteiger charge is 2.38. The highest BCUT2D eigenvalue weighted by atomic mass is 32.1. The van der Waals surface area contributed by atoms with E-state index in [9.17, 15) is 14.4 Å². The molecule has 1 atom stereocenters. The van der Waals surface area contributed by atoms with Gasteiger partial charge in [0.1, 0.15) is 5.92 Å². The summed E-state index contributed by atoms with van der Waals surface area (Å²) < 4.78 is 4.63. The van der Waals surface area contributed by atoms with Gasteiger partial charge in [-0.1, -0.05) is 12.2 Å². The van der Waals surface area contributed by atoms with E-state index in [0.29, 0.717) is 11.3 Å². The minimum Gasteiger partial charge on any atom is -0.465 e. The second kappa shape index (κ2) is 5.45. The van der Waals surface area contributed by atoms with Crippen LogP contribution in [0.4, 0.5) is 0 Å². The Balaban J connectivity index is 1.83. The number of nitrogens with zero attached hydrogens (tertiary/aromatic N) is 2. The molecule has 0 aromatic heterocycles. The molecule has 8 heteroatoms. The van der Waals surface area contributed by atoms with Crippen LogP contribution in [-0.4, -0.2) is 40.7 Å². The van der Waals surface area contributed by atoms with E-state index in [1.807, 2.05) is 0 Å². The van der Waals surface area contributed by atoms with Crippen molar-refractivity contribution in [1.29, 1.82) is 0 Å². The van der Waals surface area contributed by atoms with Crippen LogP contribution in [-0.2, 0) is 19.1 Å². The van der Waals surface area contributed by atoms with Crippen LogP contribution in [0.25, 0.3) is 0 Å². The molecule has 22 heavy (non-hydrogen) atoms. The third-order valence-electron chi connectivity index (χ3n) is 3.58. The molecule has 7 nitrogen and oxygen atoms in total. The van der Waals surface area contributed by atoms with Crippen molar-refractivity contribution < 1.29 is 19.1 Å². The van der Waals surface area contributed by atoms with Crippen LogP contribution in [0.3, 0.4) is 0 Å². The fourth-order valence-corrected chi connectivity index (χ4v) is 2.44. The van der Waals surface area contributed by atoms with Gasteiger partial charge < -0.3 is 4.74 Å². The van der Waals surface area contributed by atoms with Crippen LogP contribution in [0.2, 0.25) is 0 Å². The average molecular weight is 319 g/mol. The summed E-state index contributed by atoms with van der Waals surface area (Å²) in [4.78, 5) is 39.9. The van der Waals surface area contributed by atoms with Crippen molar-refractivity contribution in [3.63, 3.8) is 0 Å². The lowest BCUT2D eigenvalue weighted by molar-refractivity contribution is -0.138. The SMILES string of the molecule is COC(=O)C1=CC2=NC(=S)N(NC(=O)C3CC3)C(=O)C2C=C1. The van der Waals surface area contributed by atoms with Gasteiger partial charge in [-0.05, 0) is 31.1 Å². The van der Waals surface area contributed by atoms with Gasteiger partial charge in [-0.15, -0.1) is 0 Å². The van der Waals surface area contributed by atoms with Gasteiger partial charge in [0.05, 0.1) is 18.4 Å². The van der Waals surface area contributed by atoms with E-state index in [1.54, 1.807) is 6.08 Å². The van der Waals surface area contributed by atoms with Crippen LogP contribution >= 0.6 is 12.2 Å². The summed E-state index contributed by atoms with van der Waals surface area (Å²) in [5.41, 5.74) is 3.17. The Labute approximate surface area is 131 Å². The Morgan fingerprint density at radius 1 is 1.45 bits per heavy atom. The quantitative estimate of drug-likeness (QED) is 0.596. The molecule has 0 saturated heterocycles. The van der Waals surface area contributed by atoms with Gasteiger partial charge in [-0.25, -0.2) is 9.79 Å². The number of methoxy groups -OCH3 is 1. The molecule has 0 bridgehead atoms. The topological polar surface area (TPSA) is 88.1 Å². The lowest BCUT2D eigenvalue weighted by atomic mass is 9.92. The van der Waals surface area contributed by atoms with Gasteiger partial charge in [0.15, 0.2) is 0 Å².